The summed E-state index contributed by atoms with van der Waals surface area (Å²) >= 11 is 1.42. The summed E-state index contributed by atoms with van der Waals surface area (Å²) in [6.45, 7) is 4.71. The van der Waals surface area contributed by atoms with Crippen molar-refractivity contribution in [3.8, 4) is 11.3 Å². The zero-order valence-electron chi connectivity index (χ0n) is 13.8. The average molecular weight is 362 g/mol. The van der Waals surface area contributed by atoms with Crippen molar-refractivity contribution in [2.75, 3.05) is 0 Å². The highest BCUT2D eigenvalue weighted by Gasteiger charge is 2.30. The van der Waals surface area contributed by atoms with Gasteiger partial charge in [0.1, 0.15) is 0 Å². The third-order valence-electron chi connectivity index (χ3n) is 3.86. The van der Waals surface area contributed by atoms with Crippen molar-refractivity contribution in [2.45, 2.75) is 26.6 Å². The van der Waals surface area contributed by atoms with Gasteiger partial charge in [0.05, 0.1) is 16.9 Å². The Balaban J connectivity index is 2.06. The molecule has 130 valence electrons. The van der Waals surface area contributed by atoms with Gasteiger partial charge in [0.15, 0.2) is 4.80 Å². The second-order valence-electron chi connectivity index (χ2n) is 5.67. The predicted octanol–water partition coefficient (Wildman–Crippen LogP) is 5.80. The summed E-state index contributed by atoms with van der Waals surface area (Å²) in [5, 5.41) is 1.99. The van der Waals surface area contributed by atoms with Crippen LogP contribution in [0.25, 0.3) is 11.3 Å². The number of alkyl halides is 3. The van der Waals surface area contributed by atoms with Gasteiger partial charge in [0.2, 0.25) is 0 Å². The van der Waals surface area contributed by atoms with E-state index in [1.54, 1.807) is 6.07 Å². The van der Waals surface area contributed by atoms with Crippen LogP contribution in [0.5, 0.6) is 0 Å². The van der Waals surface area contributed by atoms with Crippen LogP contribution in [0.3, 0.4) is 0 Å². The molecule has 0 saturated heterocycles. The summed E-state index contributed by atoms with van der Waals surface area (Å²) < 4.78 is 40.6. The van der Waals surface area contributed by atoms with Gasteiger partial charge in [-0.2, -0.15) is 13.2 Å². The number of hydrogen-bond donors (Lipinski definition) is 0. The largest absolute Gasteiger partial charge is 0.416 e. The van der Waals surface area contributed by atoms with Crippen LogP contribution in [0.1, 0.15) is 18.1 Å². The lowest BCUT2D eigenvalue weighted by atomic mass is 10.1. The Labute approximate surface area is 147 Å². The van der Waals surface area contributed by atoms with E-state index in [2.05, 4.69) is 4.99 Å². The molecule has 0 radical (unpaired) electrons. The van der Waals surface area contributed by atoms with E-state index in [4.69, 9.17) is 0 Å². The minimum absolute atomic E-state index is 0.300. The van der Waals surface area contributed by atoms with Gasteiger partial charge in [-0.1, -0.05) is 35.9 Å². The van der Waals surface area contributed by atoms with Gasteiger partial charge in [-0.3, -0.25) is 0 Å². The molecule has 0 unspecified atom stereocenters. The highest BCUT2D eigenvalue weighted by molar-refractivity contribution is 7.07. The highest BCUT2D eigenvalue weighted by Crippen LogP contribution is 2.31. The van der Waals surface area contributed by atoms with E-state index >= 15 is 0 Å². The van der Waals surface area contributed by atoms with E-state index in [0.717, 1.165) is 23.4 Å². The van der Waals surface area contributed by atoms with Crippen LogP contribution in [0.15, 0.2) is 58.9 Å². The Morgan fingerprint density at radius 2 is 1.80 bits per heavy atom. The van der Waals surface area contributed by atoms with E-state index in [0.29, 0.717) is 17.0 Å². The molecule has 2 aromatic carbocycles. The van der Waals surface area contributed by atoms with E-state index in [1.807, 2.05) is 48.1 Å². The molecule has 0 bridgehead atoms. The molecule has 0 atom stereocenters. The van der Waals surface area contributed by atoms with E-state index in [1.165, 1.54) is 23.0 Å². The maximum Gasteiger partial charge on any atom is 0.416 e. The first-order valence-corrected chi connectivity index (χ1v) is 8.74. The summed E-state index contributed by atoms with van der Waals surface area (Å²) in [7, 11) is 0. The van der Waals surface area contributed by atoms with Gasteiger partial charge in [0.25, 0.3) is 0 Å². The van der Waals surface area contributed by atoms with Crippen LogP contribution in [-0.2, 0) is 12.7 Å². The molecule has 25 heavy (non-hydrogen) atoms. The van der Waals surface area contributed by atoms with Crippen LogP contribution in [0, 0.1) is 6.92 Å². The lowest BCUT2D eigenvalue weighted by molar-refractivity contribution is -0.137. The Bertz CT molecular complexity index is 934. The molecule has 0 amide bonds. The molecule has 1 heterocycles. The average Bonchev–Trinajstić information content (AvgIpc) is 2.97. The zero-order valence-corrected chi connectivity index (χ0v) is 14.7. The van der Waals surface area contributed by atoms with Gasteiger partial charge in [-0.25, -0.2) is 4.99 Å². The Morgan fingerprint density at radius 1 is 1.08 bits per heavy atom. The maximum atomic E-state index is 12.9. The third-order valence-corrected chi connectivity index (χ3v) is 4.72. The van der Waals surface area contributed by atoms with Gasteiger partial charge < -0.3 is 4.57 Å². The maximum absolute atomic E-state index is 12.9. The molecule has 0 saturated carbocycles. The van der Waals surface area contributed by atoms with Crippen molar-refractivity contribution in [3.63, 3.8) is 0 Å². The van der Waals surface area contributed by atoms with Crippen LogP contribution >= 0.6 is 11.3 Å². The smallest absolute Gasteiger partial charge is 0.317 e. The first-order valence-electron chi connectivity index (χ1n) is 7.86. The second kappa shape index (κ2) is 6.88. The molecule has 2 nitrogen and oxygen atoms in total. The molecule has 0 aliphatic heterocycles. The van der Waals surface area contributed by atoms with E-state index in [9.17, 15) is 13.2 Å². The SMILES string of the molecule is CCn1c(-c2ccc(C)cc2)csc1=Nc1cccc(C(F)(F)F)c1. The van der Waals surface area contributed by atoms with Crippen molar-refractivity contribution >= 4 is 17.0 Å². The number of halogens is 3. The molecule has 0 aliphatic rings. The zero-order chi connectivity index (χ0) is 18.0. The normalized spacial score (nSPS) is 12.6. The van der Waals surface area contributed by atoms with Crippen LogP contribution in [0.2, 0.25) is 0 Å². The fourth-order valence-corrected chi connectivity index (χ4v) is 3.53. The van der Waals surface area contributed by atoms with Gasteiger partial charge in [-0.05, 0) is 37.6 Å². The van der Waals surface area contributed by atoms with Crippen LogP contribution < -0.4 is 4.80 Å². The molecule has 0 N–H and O–H groups in total. The molecular weight excluding hydrogens is 345 g/mol. The second-order valence-corrected chi connectivity index (χ2v) is 6.51. The summed E-state index contributed by atoms with van der Waals surface area (Å²) in [5.74, 6) is 0. The first-order chi connectivity index (χ1) is 11.9. The monoisotopic (exact) mass is 362 g/mol. The standard InChI is InChI=1S/C19H17F3N2S/c1-3-24-17(14-9-7-13(2)8-10-14)12-25-18(24)23-16-6-4-5-15(11-16)19(20,21)22/h4-12H,3H2,1-2H3. The third kappa shape index (κ3) is 3.85. The number of thiazole rings is 1. The molecule has 0 spiro atoms. The quantitative estimate of drug-likeness (QED) is 0.561. The van der Waals surface area contributed by atoms with Gasteiger partial charge in [0, 0.05) is 11.9 Å². The lowest BCUT2D eigenvalue weighted by Gasteiger charge is -2.08. The Hall–Kier alpha value is -2.34. The fourth-order valence-electron chi connectivity index (χ4n) is 2.54. The topological polar surface area (TPSA) is 17.3 Å². The van der Waals surface area contributed by atoms with Crippen molar-refractivity contribution in [3.05, 3.63) is 69.8 Å². The summed E-state index contributed by atoms with van der Waals surface area (Å²) in [5.41, 5.74) is 2.87. The van der Waals surface area contributed by atoms with E-state index in [-0.39, 0.29) is 0 Å². The van der Waals surface area contributed by atoms with Gasteiger partial charge in [-0.15, -0.1) is 11.3 Å². The van der Waals surface area contributed by atoms with E-state index < -0.39 is 11.7 Å². The van der Waals surface area contributed by atoms with Crippen LogP contribution in [-0.4, -0.2) is 4.57 Å². The molecule has 3 rings (SSSR count). The first kappa shape index (κ1) is 17.5. The van der Waals surface area contributed by atoms with Gasteiger partial charge >= 0.3 is 6.18 Å². The van der Waals surface area contributed by atoms with Crippen molar-refractivity contribution in [2.24, 2.45) is 4.99 Å². The number of aryl methyl sites for hydroxylation is 1. The molecule has 1 aromatic heterocycles. The Kier molecular flexibility index (Phi) is 4.81. The van der Waals surface area contributed by atoms with Crippen LogP contribution in [0.4, 0.5) is 18.9 Å². The lowest BCUT2D eigenvalue weighted by Crippen LogP contribution is -2.14. The van der Waals surface area contributed by atoms with Crippen molar-refractivity contribution < 1.29 is 13.2 Å². The number of hydrogen-bond acceptors (Lipinski definition) is 2. The molecular formula is C19H17F3N2S. The number of benzene rings is 2. The minimum atomic E-state index is -4.37. The fraction of sp³-hybridized carbons (Fsp3) is 0.211. The molecule has 6 heteroatoms. The Morgan fingerprint density at radius 3 is 2.44 bits per heavy atom. The number of rotatable bonds is 3. The molecule has 0 aliphatic carbocycles. The summed E-state index contributed by atoms with van der Waals surface area (Å²) in [4.78, 5) is 5.11. The molecule has 0 fully saturated rings. The summed E-state index contributed by atoms with van der Waals surface area (Å²) in [6.07, 6.45) is -4.37. The number of aromatic nitrogens is 1. The highest BCUT2D eigenvalue weighted by atomic mass is 32.1. The predicted molar refractivity (Wildman–Crippen MR) is 94.8 cm³/mol. The van der Waals surface area contributed by atoms with Crippen molar-refractivity contribution in [1.29, 1.82) is 0 Å². The summed E-state index contributed by atoms with van der Waals surface area (Å²) in [6, 6.07) is 13.2. The molecule has 3 aromatic rings. The number of nitrogens with zero attached hydrogens (tertiary/aromatic N) is 2. The van der Waals surface area contributed by atoms with Crippen molar-refractivity contribution in [1.82, 2.24) is 4.57 Å². The minimum Gasteiger partial charge on any atom is -0.317 e.